The van der Waals surface area contributed by atoms with Crippen LogP contribution in [0.5, 0.6) is 0 Å². The van der Waals surface area contributed by atoms with Gasteiger partial charge < -0.3 is 10.8 Å². The SMILES string of the molecule is CC(C)(C)N.CCCCC(CC)C(=O)O. The molecule has 0 saturated heterocycles. The van der Waals surface area contributed by atoms with Gasteiger partial charge in [0, 0.05) is 5.54 Å². The van der Waals surface area contributed by atoms with Gasteiger partial charge in [0.15, 0.2) is 0 Å². The van der Waals surface area contributed by atoms with Crippen LogP contribution >= 0.6 is 0 Å². The van der Waals surface area contributed by atoms with Gasteiger partial charge in [0.05, 0.1) is 5.92 Å². The van der Waals surface area contributed by atoms with Crippen LogP contribution in [0, 0.1) is 5.92 Å². The van der Waals surface area contributed by atoms with Gasteiger partial charge in [-0.05, 0) is 33.6 Å². The van der Waals surface area contributed by atoms with E-state index >= 15 is 0 Å². The molecule has 3 N–H and O–H groups in total. The molecule has 0 bridgehead atoms. The molecule has 0 rings (SSSR count). The Bertz CT molecular complexity index is 155. The van der Waals surface area contributed by atoms with Gasteiger partial charge in [0.2, 0.25) is 0 Å². The quantitative estimate of drug-likeness (QED) is 0.744. The molecule has 0 aliphatic carbocycles. The number of rotatable bonds is 5. The summed E-state index contributed by atoms with van der Waals surface area (Å²) < 4.78 is 0. The van der Waals surface area contributed by atoms with Crippen molar-refractivity contribution in [1.82, 2.24) is 0 Å². The average Bonchev–Trinajstić information content (AvgIpc) is 2.02. The van der Waals surface area contributed by atoms with Crippen LogP contribution in [-0.2, 0) is 4.79 Å². The first-order valence-corrected chi connectivity index (χ1v) is 5.74. The summed E-state index contributed by atoms with van der Waals surface area (Å²) >= 11 is 0. The molecule has 1 unspecified atom stereocenters. The number of hydrogen-bond acceptors (Lipinski definition) is 2. The fourth-order valence-electron chi connectivity index (χ4n) is 0.953. The Kier molecular flexibility index (Phi) is 9.79. The number of hydrogen-bond donors (Lipinski definition) is 2. The number of nitrogens with two attached hydrogens (primary N) is 1. The van der Waals surface area contributed by atoms with Gasteiger partial charge in [-0.3, -0.25) is 4.79 Å². The second-order valence-electron chi connectivity index (χ2n) is 4.95. The lowest BCUT2D eigenvalue weighted by Gasteiger charge is -2.06. The maximum absolute atomic E-state index is 10.4. The molecule has 1 atom stereocenters. The van der Waals surface area contributed by atoms with Crippen LogP contribution in [-0.4, -0.2) is 16.6 Å². The fraction of sp³-hybridized carbons (Fsp3) is 0.917. The standard InChI is InChI=1S/C8H16O2.C4H11N/c1-3-5-6-7(4-2)8(9)10;1-4(2,3)5/h7H,3-6H2,1-2H3,(H,9,10);5H2,1-3H3. The van der Waals surface area contributed by atoms with Crippen LogP contribution < -0.4 is 5.73 Å². The van der Waals surface area contributed by atoms with Crippen LogP contribution in [0.3, 0.4) is 0 Å². The second kappa shape index (κ2) is 8.72. The third kappa shape index (κ3) is 19.7. The lowest BCUT2D eigenvalue weighted by molar-refractivity contribution is -0.142. The Balaban J connectivity index is 0. The zero-order valence-corrected chi connectivity index (χ0v) is 10.8. The molecule has 0 aromatic carbocycles. The first kappa shape index (κ1) is 16.8. The van der Waals surface area contributed by atoms with Crippen molar-refractivity contribution < 1.29 is 9.90 Å². The summed E-state index contributed by atoms with van der Waals surface area (Å²) in [5, 5.41) is 8.60. The zero-order valence-electron chi connectivity index (χ0n) is 10.8. The molecule has 3 heteroatoms. The molecular weight excluding hydrogens is 190 g/mol. The van der Waals surface area contributed by atoms with Crippen molar-refractivity contribution in [3.63, 3.8) is 0 Å². The van der Waals surface area contributed by atoms with Crippen molar-refractivity contribution >= 4 is 5.97 Å². The minimum Gasteiger partial charge on any atom is -0.481 e. The maximum atomic E-state index is 10.4. The van der Waals surface area contributed by atoms with Crippen molar-refractivity contribution in [1.29, 1.82) is 0 Å². The zero-order chi connectivity index (χ0) is 12.5. The van der Waals surface area contributed by atoms with E-state index in [2.05, 4.69) is 6.92 Å². The first-order chi connectivity index (χ1) is 6.72. The molecule has 0 aromatic heterocycles. The van der Waals surface area contributed by atoms with E-state index in [4.69, 9.17) is 10.8 Å². The summed E-state index contributed by atoms with van der Waals surface area (Å²) in [6.07, 6.45) is 3.71. The Morgan fingerprint density at radius 2 is 1.73 bits per heavy atom. The van der Waals surface area contributed by atoms with Gasteiger partial charge in [-0.25, -0.2) is 0 Å². The lowest BCUT2D eigenvalue weighted by atomic mass is 10.00. The number of aliphatic carboxylic acids is 1. The number of unbranched alkanes of at least 4 members (excludes halogenated alkanes) is 1. The summed E-state index contributed by atoms with van der Waals surface area (Å²) in [6.45, 7) is 9.90. The van der Waals surface area contributed by atoms with Gasteiger partial charge in [-0.1, -0.05) is 26.7 Å². The Hall–Kier alpha value is -0.570. The van der Waals surface area contributed by atoms with Gasteiger partial charge in [-0.15, -0.1) is 0 Å². The highest BCUT2D eigenvalue weighted by Crippen LogP contribution is 2.11. The molecule has 0 aromatic rings. The highest BCUT2D eigenvalue weighted by atomic mass is 16.4. The highest BCUT2D eigenvalue weighted by molar-refractivity contribution is 5.69. The summed E-state index contributed by atoms with van der Waals surface area (Å²) in [5.41, 5.74) is 5.35. The third-order valence-electron chi connectivity index (χ3n) is 1.75. The number of carboxylic acids is 1. The topological polar surface area (TPSA) is 63.3 Å². The van der Waals surface area contributed by atoms with Crippen LogP contribution in [0.15, 0.2) is 0 Å². The minimum absolute atomic E-state index is 0. The van der Waals surface area contributed by atoms with E-state index in [1.54, 1.807) is 0 Å². The monoisotopic (exact) mass is 217 g/mol. The minimum atomic E-state index is -0.643. The van der Waals surface area contributed by atoms with Crippen molar-refractivity contribution in [2.45, 2.75) is 65.8 Å². The van der Waals surface area contributed by atoms with E-state index in [0.717, 1.165) is 25.7 Å². The molecule has 0 heterocycles. The average molecular weight is 217 g/mol. The molecule has 0 aliphatic rings. The van der Waals surface area contributed by atoms with E-state index in [-0.39, 0.29) is 11.5 Å². The summed E-state index contributed by atoms with van der Waals surface area (Å²) in [6, 6.07) is 0. The van der Waals surface area contributed by atoms with Gasteiger partial charge in [0.25, 0.3) is 0 Å². The van der Waals surface area contributed by atoms with E-state index in [9.17, 15) is 4.79 Å². The Morgan fingerprint density at radius 1 is 1.33 bits per heavy atom. The number of carbonyl (C=O) groups is 1. The molecule has 15 heavy (non-hydrogen) atoms. The smallest absolute Gasteiger partial charge is 0.306 e. The fourth-order valence-corrected chi connectivity index (χ4v) is 0.953. The van der Waals surface area contributed by atoms with Gasteiger partial charge in [-0.2, -0.15) is 0 Å². The van der Waals surface area contributed by atoms with Gasteiger partial charge in [0.1, 0.15) is 0 Å². The Morgan fingerprint density at radius 3 is 1.93 bits per heavy atom. The molecule has 0 spiro atoms. The third-order valence-corrected chi connectivity index (χ3v) is 1.75. The molecular formula is C12H27NO2. The summed E-state index contributed by atoms with van der Waals surface area (Å²) in [5.74, 6) is -0.754. The predicted octanol–water partition coefficient (Wildman–Crippen LogP) is 3.03. The van der Waals surface area contributed by atoms with Crippen molar-refractivity contribution in [2.75, 3.05) is 0 Å². The molecule has 0 aliphatic heterocycles. The van der Waals surface area contributed by atoms with Crippen LogP contribution in [0.4, 0.5) is 0 Å². The first-order valence-electron chi connectivity index (χ1n) is 5.74. The molecule has 0 radical (unpaired) electrons. The largest absolute Gasteiger partial charge is 0.481 e. The number of carboxylic acid groups (broad SMARTS) is 1. The van der Waals surface area contributed by atoms with Crippen LogP contribution in [0.2, 0.25) is 0 Å². The molecule has 3 nitrogen and oxygen atoms in total. The molecule has 0 saturated carbocycles. The van der Waals surface area contributed by atoms with Gasteiger partial charge >= 0.3 is 5.97 Å². The molecule has 0 fully saturated rings. The second-order valence-corrected chi connectivity index (χ2v) is 4.95. The van der Waals surface area contributed by atoms with Crippen LogP contribution in [0.1, 0.15) is 60.3 Å². The van der Waals surface area contributed by atoms with Crippen molar-refractivity contribution in [3.05, 3.63) is 0 Å². The highest BCUT2D eigenvalue weighted by Gasteiger charge is 2.12. The van der Waals surface area contributed by atoms with Crippen molar-refractivity contribution in [3.8, 4) is 0 Å². The lowest BCUT2D eigenvalue weighted by Crippen LogP contribution is -2.26. The normalized spacial score (nSPS) is 12.7. The molecule has 92 valence electrons. The summed E-state index contributed by atoms with van der Waals surface area (Å²) in [7, 11) is 0. The molecule has 0 amide bonds. The van der Waals surface area contributed by atoms with E-state index in [1.807, 2.05) is 27.7 Å². The van der Waals surface area contributed by atoms with Crippen LogP contribution in [0.25, 0.3) is 0 Å². The van der Waals surface area contributed by atoms with Crippen molar-refractivity contribution in [2.24, 2.45) is 11.7 Å². The Labute approximate surface area is 94.1 Å². The van der Waals surface area contributed by atoms with E-state index in [1.165, 1.54) is 0 Å². The summed E-state index contributed by atoms with van der Waals surface area (Å²) in [4.78, 5) is 10.4. The van der Waals surface area contributed by atoms with E-state index < -0.39 is 5.97 Å². The maximum Gasteiger partial charge on any atom is 0.306 e. The predicted molar refractivity (Wildman–Crippen MR) is 64.9 cm³/mol. The van der Waals surface area contributed by atoms with E-state index in [0.29, 0.717) is 0 Å².